The van der Waals surface area contributed by atoms with Crippen molar-refractivity contribution in [3.63, 3.8) is 0 Å². The van der Waals surface area contributed by atoms with Gasteiger partial charge in [0.25, 0.3) is 0 Å². The largest absolute Gasteiger partial charge is 0.497 e. The Morgan fingerprint density at radius 2 is 1.54 bits per heavy atom. The minimum atomic E-state index is -1.10. The molecule has 0 saturated carbocycles. The second kappa shape index (κ2) is 7.62. The van der Waals surface area contributed by atoms with Crippen LogP contribution in [0.5, 0.6) is 11.5 Å². The first-order valence-electron chi connectivity index (χ1n) is 8.49. The standard InChI is InChI=1S/C21H23NO4/c1-21(23,13-12-15-4-8-17(24-2)9-5-15)20-14-19(22-26-20)16-6-10-18(25-3)11-7-16/h4-11,14,23H,12-13H2,1-3H3/t21-/m0/s1. The van der Waals surface area contributed by atoms with E-state index in [1.165, 1.54) is 0 Å². The molecule has 0 bridgehead atoms. The second-order valence-corrected chi connectivity index (χ2v) is 6.43. The molecule has 1 heterocycles. The van der Waals surface area contributed by atoms with Gasteiger partial charge in [-0.2, -0.15) is 0 Å². The molecule has 3 rings (SSSR count). The molecule has 3 aromatic rings. The number of hydrogen-bond donors (Lipinski definition) is 1. The third kappa shape index (κ3) is 4.06. The third-order valence-electron chi connectivity index (χ3n) is 4.49. The van der Waals surface area contributed by atoms with Crippen molar-refractivity contribution >= 4 is 0 Å². The van der Waals surface area contributed by atoms with Crippen molar-refractivity contribution in [2.24, 2.45) is 0 Å². The Morgan fingerprint density at radius 1 is 0.962 bits per heavy atom. The number of aliphatic hydroxyl groups is 1. The van der Waals surface area contributed by atoms with Gasteiger partial charge in [-0.25, -0.2) is 0 Å². The van der Waals surface area contributed by atoms with Crippen LogP contribution in [0.15, 0.2) is 59.1 Å². The molecular formula is C21H23NO4. The van der Waals surface area contributed by atoms with E-state index in [0.717, 1.165) is 29.0 Å². The zero-order valence-corrected chi connectivity index (χ0v) is 15.2. The highest BCUT2D eigenvalue weighted by Gasteiger charge is 2.28. The first-order valence-corrected chi connectivity index (χ1v) is 8.49. The van der Waals surface area contributed by atoms with Crippen molar-refractivity contribution in [1.82, 2.24) is 5.16 Å². The van der Waals surface area contributed by atoms with Gasteiger partial charge in [-0.15, -0.1) is 0 Å². The van der Waals surface area contributed by atoms with Crippen LogP contribution in [-0.2, 0) is 12.0 Å². The normalized spacial score (nSPS) is 13.2. The molecule has 0 spiro atoms. The summed E-state index contributed by atoms with van der Waals surface area (Å²) in [6, 6.07) is 17.2. The zero-order chi connectivity index (χ0) is 18.6. The van der Waals surface area contributed by atoms with Crippen molar-refractivity contribution in [2.45, 2.75) is 25.4 Å². The molecule has 0 amide bonds. The molecule has 0 aliphatic rings. The first kappa shape index (κ1) is 18.0. The van der Waals surface area contributed by atoms with Crippen LogP contribution in [0, 0.1) is 0 Å². The third-order valence-corrected chi connectivity index (χ3v) is 4.49. The van der Waals surface area contributed by atoms with E-state index >= 15 is 0 Å². The number of methoxy groups -OCH3 is 2. The average Bonchev–Trinajstić information content (AvgIpc) is 3.18. The number of aromatic nitrogens is 1. The Bertz CT molecular complexity index is 835. The van der Waals surface area contributed by atoms with Crippen LogP contribution in [0.25, 0.3) is 11.3 Å². The molecule has 2 aromatic carbocycles. The van der Waals surface area contributed by atoms with Gasteiger partial charge in [0.15, 0.2) is 5.76 Å². The summed E-state index contributed by atoms with van der Waals surface area (Å²) >= 11 is 0. The lowest BCUT2D eigenvalue weighted by atomic mass is 9.94. The van der Waals surface area contributed by atoms with Gasteiger partial charge in [0.2, 0.25) is 0 Å². The Balaban J connectivity index is 1.69. The summed E-state index contributed by atoms with van der Waals surface area (Å²) in [6.07, 6.45) is 1.24. The smallest absolute Gasteiger partial charge is 0.168 e. The van der Waals surface area contributed by atoms with Crippen molar-refractivity contribution in [1.29, 1.82) is 0 Å². The van der Waals surface area contributed by atoms with Crippen molar-refractivity contribution in [3.05, 3.63) is 65.9 Å². The van der Waals surface area contributed by atoms with Crippen LogP contribution in [-0.4, -0.2) is 24.5 Å². The summed E-state index contributed by atoms with van der Waals surface area (Å²) in [4.78, 5) is 0. The first-order chi connectivity index (χ1) is 12.5. The van der Waals surface area contributed by atoms with Crippen LogP contribution in [0.2, 0.25) is 0 Å². The minimum absolute atomic E-state index is 0.455. The summed E-state index contributed by atoms with van der Waals surface area (Å²) in [5.74, 6) is 2.06. The van der Waals surface area contributed by atoms with Gasteiger partial charge in [0.1, 0.15) is 22.8 Å². The number of aryl methyl sites for hydroxylation is 1. The van der Waals surface area contributed by atoms with Crippen LogP contribution in [0.3, 0.4) is 0 Å². The SMILES string of the molecule is COc1ccc(CC[C@](C)(O)c2cc(-c3ccc(OC)cc3)no2)cc1. The van der Waals surface area contributed by atoms with E-state index in [2.05, 4.69) is 5.16 Å². The minimum Gasteiger partial charge on any atom is -0.497 e. The lowest BCUT2D eigenvalue weighted by Crippen LogP contribution is -2.21. The Kier molecular flexibility index (Phi) is 5.28. The Hall–Kier alpha value is -2.79. The maximum atomic E-state index is 10.8. The topological polar surface area (TPSA) is 64.7 Å². The molecule has 136 valence electrons. The van der Waals surface area contributed by atoms with Crippen LogP contribution < -0.4 is 9.47 Å². The van der Waals surface area contributed by atoms with Crippen LogP contribution >= 0.6 is 0 Å². The van der Waals surface area contributed by atoms with Gasteiger partial charge < -0.3 is 19.1 Å². The molecule has 1 aromatic heterocycles. The highest BCUT2D eigenvalue weighted by Crippen LogP contribution is 2.30. The van der Waals surface area contributed by atoms with Gasteiger partial charge >= 0.3 is 0 Å². The van der Waals surface area contributed by atoms with E-state index in [0.29, 0.717) is 17.9 Å². The molecule has 0 unspecified atom stereocenters. The van der Waals surface area contributed by atoms with Crippen LogP contribution in [0.1, 0.15) is 24.7 Å². The van der Waals surface area contributed by atoms with E-state index in [1.54, 1.807) is 27.2 Å². The van der Waals surface area contributed by atoms with Gasteiger partial charge in [-0.05, 0) is 61.7 Å². The van der Waals surface area contributed by atoms with E-state index in [9.17, 15) is 5.11 Å². The molecule has 1 atom stereocenters. The fraction of sp³-hybridized carbons (Fsp3) is 0.286. The summed E-state index contributed by atoms with van der Waals surface area (Å²) in [5.41, 5.74) is 1.62. The highest BCUT2D eigenvalue weighted by atomic mass is 16.5. The quantitative estimate of drug-likeness (QED) is 0.690. The average molecular weight is 353 g/mol. The maximum Gasteiger partial charge on any atom is 0.168 e. The monoisotopic (exact) mass is 353 g/mol. The lowest BCUT2D eigenvalue weighted by molar-refractivity contribution is 0.0200. The summed E-state index contributed by atoms with van der Waals surface area (Å²) in [7, 11) is 3.27. The molecular weight excluding hydrogens is 330 g/mol. The van der Waals surface area contributed by atoms with E-state index in [-0.39, 0.29) is 0 Å². The molecule has 5 heteroatoms. The number of hydrogen-bond acceptors (Lipinski definition) is 5. The molecule has 1 N–H and O–H groups in total. The number of rotatable bonds is 7. The fourth-order valence-electron chi connectivity index (χ4n) is 2.73. The van der Waals surface area contributed by atoms with E-state index in [1.807, 2.05) is 48.5 Å². The van der Waals surface area contributed by atoms with Crippen molar-refractivity contribution in [3.8, 4) is 22.8 Å². The summed E-state index contributed by atoms with van der Waals surface area (Å²) < 4.78 is 15.7. The molecule has 0 aliphatic heterocycles. The number of ether oxygens (including phenoxy) is 2. The zero-order valence-electron chi connectivity index (χ0n) is 15.2. The number of nitrogens with zero attached hydrogens (tertiary/aromatic N) is 1. The highest BCUT2D eigenvalue weighted by molar-refractivity contribution is 5.60. The van der Waals surface area contributed by atoms with Gasteiger partial charge in [0, 0.05) is 11.6 Å². The van der Waals surface area contributed by atoms with Crippen molar-refractivity contribution in [2.75, 3.05) is 14.2 Å². The molecule has 0 aliphatic carbocycles. The molecule has 0 saturated heterocycles. The Labute approximate surface area is 153 Å². The molecule has 0 fully saturated rings. The van der Waals surface area contributed by atoms with Gasteiger partial charge in [-0.3, -0.25) is 0 Å². The molecule has 0 radical (unpaired) electrons. The predicted molar refractivity (Wildman–Crippen MR) is 99.4 cm³/mol. The predicted octanol–water partition coefficient (Wildman–Crippen LogP) is 4.20. The number of benzene rings is 2. The van der Waals surface area contributed by atoms with Gasteiger partial charge in [0.05, 0.1) is 14.2 Å². The fourth-order valence-corrected chi connectivity index (χ4v) is 2.73. The van der Waals surface area contributed by atoms with Gasteiger partial charge in [-0.1, -0.05) is 17.3 Å². The second-order valence-electron chi connectivity index (χ2n) is 6.43. The summed E-state index contributed by atoms with van der Waals surface area (Å²) in [5, 5.41) is 14.9. The lowest BCUT2D eigenvalue weighted by Gasteiger charge is -2.19. The van der Waals surface area contributed by atoms with Crippen LogP contribution in [0.4, 0.5) is 0 Å². The molecule has 5 nitrogen and oxygen atoms in total. The van der Waals surface area contributed by atoms with Crippen molar-refractivity contribution < 1.29 is 19.1 Å². The van der Waals surface area contributed by atoms with E-state index < -0.39 is 5.60 Å². The summed E-state index contributed by atoms with van der Waals surface area (Å²) in [6.45, 7) is 1.74. The Morgan fingerprint density at radius 3 is 2.12 bits per heavy atom. The maximum absolute atomic E-state index is 10.8. The van der Waals surface area contributed by atoms with E-state index in [4.69, 9.17) is 14.0 Å². The molecule has 26 heavy (non-hydrogen) atoms.